The molecule has 0 saturated carbocycles. The van der Waals surface area contributed by atoms with Crippen molar-refractivity contribution in [3.63, 3.8) is 0 Å². The van der Waals surface area contributed by atoms with Crippen LogP contribution in [0.5, 0.6) is 0 Å². The van der Waals surface area contributed by atoms with Crippen molar-refractivity contribution in [2.75, 3.05) is 0 Å². The lowest BCUT2D eigenvalue weighted by atomic mass is 9.79. The van der Waals surface area contributed by atoms with Crippen molar-refractivity contribution >= 4 is 0 Å². The number of benzene rings is 1. The third-order valence-electron chi connectivity index (χ3n) is 4.73. The molecule has 1 unspecified atom stereocenters. The van der Waals surface area contributed by atoms with E-state index in [0.717, 1.165) is 12.3 Å². The van der Waals surface area contributed by atoms with Crippen molar-refractivity contribution in [1.82, 2.24) is 0 Å². The minimum atomic E-state index is 0.692. The predicted molar refractivity (Wildman–Crippen MR) is 88.9 cm³/mol. The largest absolute Gasteiger partial charge is 0.0665 e. The average molecular weight is 268 g/mol. The molecule has 0 heteroatoms. The molecule has 20 heavy (non-hydrogen) atoms. The second kappa shape index (κ2) is 6.92. The van der Waals surface area contributed by atoms with Crippen LogP contribution in [0.25, 0.3) is 0 Å². The van der Waals surface area contributed by atoms with E-state index in [9.17, 15) is 0 Å². The minimum Gasteiger partial charge on any atom is -0.0665 e. The highest BCUT2D eigenvalue weighted by Crippen LogP contribution is 2.33. The van der Waals surface area contributed by atoms with E-state index in [-0.39, 0.29) is 0 Å². The van der Waals surface area contributed by atoms with Gasteiger partial charge in [0, 0.05) is 0 Å². The number of aryl methyl sites for hydroxylation is 1. The number of hydrogen-bond donors (Lipinski definition) is 0. The minimum absolute atomic E-state index is 0.692. The first-order valence-corrected chi connectivity index (χ1v) is 8.09. The first kappa shape index (κ1) is 15.1. The van der Waals surface area contributed by atoms with Crippen LogP contribution in [0.4, 0.5) is 0 Å². The summed E-state index contributed by atoms with van der Waals surface area (Å²) in [6.07, 6.45) is 9.70. The Labute approximate surface area is 124 Å². The van der Waals surface area contributed by atoms with E-state index in [1.807, 2.05) is 0 Å². The monoisotopic (exact) mass is 268 g/mol. The molecule has 1 aliphatic rings. The molecule has 1 aromatic carbocycles. The smallest absolute Gasteiger partial charge is 0.00612 e. The molecule has 0 spiro atoms. The Morgan fingerprint density at radius 2 is 1.70 bits per heavy atom. The Morgan fingerprint density at radius 3 is 2.25 bits per heavy atom. The van der Waals surface area contributed by atoms with E-state index in [4.69, 9.17) is 0 Å². The molecule has 0 radical (unpaired) electrons. The van der Waals surface area contributed by atoms with Crippen molar-refractivity contribution in [3.05, 3.63) is 58.7 Å². The maximum Gasteiger partial charge on any atom is -0.00612 e. The zero-order chi connectivity index (χ0) is 14.5. The Hall–Kier alpha value is -1.30. The SMILES string of the molecule is CCC(CC)C1=CC=C(Cc2ccc(C)cc2)C(C)C1. The van der Waals surface area contributed by atoms with E-state index in [0.29, 0.717) is 5.92 Å². The molecule has 0 saturated heterocycles. The molecule has 1 aliphatic carbocycles. The third kappa shape index (κ3) is 3.62. The van der Waals surface area contributed by atoms with Gasteiger partial charge in [-0.15, -0.1) is 0 Å². The molecular weight excluding hydrogens is 240 g/mol. The molecule has 0 aliphatic heterocycles. The van der Waals surface area contributed by atoms with Gasteiger partial charge in [-0.3, -0.25) is 0 Å². The predicted octanol–water partition coefficient (Wildman–Crippen LogP) is 5.87. The summed E-state index contributed by atoms with van der Waals surface area (Å²) in [7, 11) is 0. The molecule has 0 nitrogen and oxygen atoms in total. The van der Waals surface area contributed by atoms with Gasteiger partial charge in [-0.1, -0.05) is 73.9 Å². The van der Waals surface area contributed by atoms with E-state index in [1.54, 1.807) is 11.1 Å². The van der Waals surface area contributed by atoms with E-state index in [2.05, 4.69) is 64.1 Å². The molecule has 0 heterocycles. The van der Waals surface area contributed by atoms with Crippen LogP contribution in [0.15, 0.2) is 47.6 Å². The molecule has 0 fully saturated rings. The van der Waals surface area contributed by atoms with Crippen molar-refractivity contribution < 1.29 is 0 Å². The quantitative estimate of drug-likeness (QED) is 0.627. The Morgan fingerprint density at radius 1 is 1.05 bits per heavy atom. The molecular formula is C20H28. The standard InChI is InChI=1S/C20H28/c1-5-18(6-2)20-12-11-19(16(4)13-20)14-17-9-7-15(3)8-10-17/h7-12,16,18H,5-6,13-14H2,1-4H3. The number of allylic oxidation sites excluding steroid dienone is 4. The summed E-state index contributed by atoms with van der Waals surface area (Å²) in [5.41, 5.74) is 6.03. The summed E-state index contributed by atoms with van der Waals surface area (Å²) < 4.78 is 0. The summed E-state index contributed by atoms with van der Waals surface area (Å²) in [5, 5.41) is 0. The molecule has 1 aromatic rings. The molecule has 0 bridgehead atoms. The van der Waals surface area contributed by atoms with Crippen molar-refractivity contribution in [2.45, 2.75) is 53.4 Å². The molecule has 0 amide bonds. The highest BCUT2D eigenvalue weighted by atomic mass is 14.2. The Balaban J connectivity index is 2.10. The third-order valence-corrected chi connectivity index (χ3v) is 4.73. The lowest BCUT2D eigenvalue weighted by Crippen LogP contribution is -2.12. The van der Waals surface area contributed by atoms with Gasteiger partial charge >= 0.3 is 0 Å². The van der Waals surface area contributed by atoms with Gasteiger partial charge in [-0.25, -0.2) is 0 Å². The van der Waals surface area contributed by atoms with Gasteiger partial charge in [0.05, 0.1) is 0 Å². The van der Waals surface area contributed by atoms with Gasteiger partial charge in [-0.2, -0.15) is 0 Å². The van der Waals surface area contributed by atoms with Gasteiger partial charge in [0.15, 0.2) is 0 Å². The molecule has 0 N–H and O–H groups in total. The average Bonchev–Trinajstić information content (AvgIpc) is 2.45. The second-order valence-corrected chi connectivity index (χ2v) is 6.26. The van der Waals surface area contributed by atoms with E-state index in [1.165, 1.54) is 30.4 Å². The lowest BCUT2D eigenvalue weighted by molar-refractivity contribution is 0.510. The first-order valence-electron chi connectivity index (χ1n) is 8.09. The highest BCUT2D eigenvalue weighted by molar-refractivity contribution is 5.32. The fourth-order valence-electron chi connectivity index (χ4n) is 3.22. The van der Waals surface area contributed by atoms with E-state index < -0.39 is 0 Å². The summed E-state index contributed by atoms with van der Waals surface area (Å²) in [5.74, 6) is 1.48. The van der Waals surface area contributed by atoms with Crippen LogP contribution in [0.1, 0.15) is 51.2 Å². The molecule has 108 valence electrons. The Bertz CT molecular complexity index is 483. The van der Waals surface area contributed by atoms with Crippen molar-refractivity contribution in [3.8, 4) is 0 Å². The van der Waals surface area contributed by atoms with E-state index >= 15 is 0 Å². The Kier molecular flexibility index (Phi) is 5.23. The summed E-state index contributed by atoms with van der Waals surface area (Å²) in [4.78, 5) is 0. The highest BCUT2D eigenvalue weighted by Gasteiger charge is 2.19. The molecule has 2 rings (SSSR count). The first-order chi connectivity index (χ1) is 9.63. The fraction of sp³-hybridized carbons (Fsp3) is 0.500. The van der Waals surface area contributed by atoms with Gasteiger partial charge in [0.2, 0.25) is 0 Å². The number of hydrogen-bond acceptors (Lipinski definition) is 0. The van der Waals surface area contributed by atoms with Crippen molar-refractivity contribution in [2.24, 2.45) is 11.8 Å². The van der Waals surface area contributed by atoms with Gasteiger partial charge in [0.25, 0.3) is 0 Å². The molecule has 1 atom stereocenters. The van der Waals surface area contributed by atoms with Crippen LogP contribution >= 0.6 is 0 Å². The van der Waals surface area contributed by atoms with Crippen LogP contribution in [0.3, 0.4) is 0 Å². The topological polar surface area (TPSA) is 0 Å². The van der Waals surface area contributed by atoms with Gasteiger partial charge < -0.3 is 0 Å². The summed E-state index contributed by atoms with van der Waals surface area (Å²) in [6.45, 7) is 9.16. The van der Waals surface area contributed by atoms with Crippen LogP contribution in [0, 0.1) is 18.8 Å². The zero-order valence-corrected chi connectivity index (χ0v) is 13.4. The zero-order valence-electron chi connectivity index (χ0n) is 13.4. The molecule has 0 aromatic heterocycles. The fourth-order valence-corrected chi connectivity index (χ4v) is 3.22. The van der Waals surface area contributed by atoms with Crippen LogP contribution < -0.4 is 0 Å². The maximum atomic E-state index is 2.40. The van der Waals surface area contributed by atoms with Gasteiger partial charge in [-0.05, 0) is 50.0 Å². The summed E-state index contributed by atoms with van der Waals surface area (Å²) in [6, 6.07) is 8.97. The normalized spacial score (nSPS) is 18.9. The van der Waals surface area contributed by atoms with Gasteiger partial charge in [0.1, 0.15) is 0 Å². The van der Waals surface area contributed by atoms with Crippen LogP contribution in [-0.2, 0) is 6.42 Å². The van der Waals surface area contributed by atoms with Crippen LogP contribution in [0.2, 0.25) is 0 Å². The van der Waals surface area contributed by atoms with Crippen LogP contribution in [-0.4, -0.2) is 0 Å². The second-order valence-electron chi connectivity index (χ2n) is 6.26. The maximum absolute atomic E-state index is 2.40. The van der Waals surface area contributed by atoms with Crippen molar-refractivity contribution in [1.29, 1.82) is 0 Å². The lowest BCUT2D eigenvalue weighted by Gasteiger charge is -2.26. The number of rotatable bonds is 5. The summed E-state index contributed by atoms with van der Waals surface area (Å²) >= 11 is 0.